The van der Waals surface area contributed by atoms with Gasteiger partial charge in [-0.2, -0.15) is 0 Å². The summed E-state index contributed by atoms with van der Waals surface area (Å²) in [7, 11) is 0. The Kier molecular flexibility index (Phi) is 4.04. The second-order valence-corrected chi connectivity index (χ2v) is 4.09. The highest BCUT2D eigenvalue weighted by atomic mass is 16.1. The van der Waals surface area contributed by atoms with Crippen LogP contribution in [0.3, 0.4) is 0 Å². The van der Waals surface area contributed by atoms with Crippen molar-refractivity contribution >= 4 is 5.78 Å². The molecule has 2 heteroatoms. The Hall–Kier alpha value is -1.15. The summed E-state index contributed by atoms with van der Waals surface area (Å²) in [5.74, 6) is 0.291. The van der Waals surface area contributed by atoms with Crippen LogP contribution in [0.2, 0.25) is 0 Å². The summed E-state index contributed by atoms with van der Waals surface area (Å²) >= 11 is 0. The summed E-state index contributed by atoms with van der Waals surface area (Å²) in [5.41, 5.74) is 7.68. The van der Waals surface area contributed by atoms with Crippen molar-refractivity contribution < 1.29 is 4.79 Å². The lowest BCUT2D eigenvalue weighted by molar-refractivity contribution is 0.0934. The molecule has 0 amide bonds. The molecule has 0 aliphatic heterocycles. The molecule has 2 nitrogen and oxygen atoms in total. The fourth-order valence-corrected chi connectivity index (χ4v) is 1.54. The minimum Gasteiger partial charge on any atom is -0.321 e. The van der Waals surface area contributed by atoms with Crippen molar-refractivity contribution in [3.8, 4) is 0 Å². The Morgan fingerprint density at radius 1 is 1.40 bits per heavy atom. The molecule has 1 rings (SSSR count). The molecular weight excluding hydrogens is 186 g/mol. The summed E-state index contributed by atoms with van der Waals surface area (Å²) < 4.78 is 0. The number of benzene rings is 1. The van der Waals surface area contributed by atoms with Gasteiger partial charge in [0.15, 0.2) is 5.78 Å². The zero-order valence-electron chi connectivity index (χ0n) is 9.66. The van der Waals surface area contributed by atoms with Gasteiger partial charge in [0.25, 0.3) is 0 Å². The van der Waals surface area contributed by atoms with Crippen LogP contribution >= 0.6 is 0 Å². The van der Waals surface area contributed by atoms with Gasteiger partial charge in [0.2, 0.25) is 0 Å². The number of rotatable bonds is 4. The topological polar surface area (TPSA) is 43.1 Å². The summed E-state index contributed by atoms with van der Waals surface area (Å²) in [6.07, 6.45) is 0.929. The van der Waals surface area contributed by atoms with E-state index in [0.29, 0.717) is 0 Å². The van der Waals surface area contributed by atoms with E-state index in [-0.39, 0.29) is 17.7 Å². The van der Waals surface area contributed by atoms with Crippen molar-refractivity contribution in [3.05, 3.63) is 35.4 Å². The standard InChI is InChI=1S/C13H19NO/c1-4-9(2)12(14)13(15)11-8-6-5-7-10(11)3/h5-9,12H,4,14H2,1-3H3. The van der Waals surface area contributed by atoms with Crippen LogP contribution in [-0.2, 0) is 0 Å². The first kappa shape index (κ1) is 11.9. The number of hydrogen-bond donors (Lipinski definition) is 1. The van der Waals surface area contributed by atoms with E-state index in [1.807, 2.05) is 38.1 Å². The summed E-state index contributed by atoms with van der Waals surface area (Å²) in [6, 6.07) is 7.22. The third-order valence-corrected chi connectivity index (χ3v) is 2.97. The molecule has 1 aromatic carbocycles. The Balaban J connectivity index is 2.90. The zero-order chi connectivity index (χ0) is 11.4. The fraction of sp³-hybridized carbons (Fsp3) is 0.462. The van der Waals surface area contributed by atoms with Gasteiger partial charge in [-0.1, -0.05) is 44.5 Å². The van der Waals surface area contributed by atoms with Gasteiger partial charge in [-0.25, -0.2) is 0 Å². The fourth-order valence-electron chi connectivity index (χ4n) is 1.54. The maximum absolute atomic E-state index is 12.0. The van der Waals surface area contributed by atoms with Gasteiger partial charge in [-0.15, -0.1) is 0 Å². The van der Waals surface area contributed by atoms with Crippen LogP contribution in [0, 0.1) is 12.8 Å². The smallest absolute Gasteiger partial charge is 0.180 e. The molecule has 1 aromatic rings. The molecule has 2 unspecified atom stereocenters. The van der Waals surface area contributed by atoms with Crippen LogP contribution in [0.5, 0.6) is 0 Å². The molecule has 0 aliphatic carbocycles. The van der Waals surface area contributed by atoms with Gasteiger partial charge >= 0.3 is 0 Å². The van der Waals surface area contributed by atoms with Crippen LogP contribution in [0.4, 0.5) is 0 Å². The van der Waals surface area contributed by atoms with E-state index < -0.39 is 0 Å². The molecule has 2 atom stereocenters. The lowest BCUT2D eigenvalue weighted by Crippen LogP contribution is -2.36. The Bertz CT molecular complexity index is 346. The lowest BCUT2D eigenvalue weighted by atomic mass is 9.91. The molecule has 0 spiro atoms. The molecule has 0 fully saturated rings. The molecule has 0 bridgehead atoms. The number of carbonyl (C=O) groups excluding carboxylic acids is 1. The number of carbonyl (C=O) groups is 1. The molecular formula is C13H19NO. The molecule has 15 heavy (non-hydrogen) atoms. The molecule has 0 heterocycles. The van der Waals surface area contributed by atoms with E-state index in [9.17, 15) is 4.79 Å². The first-order valence-electron chi connectivity index (χ1n) is 5.43. The van der Waals surface area contributed by atoms with Crippen molar-refractivity contribution in [3.63, 3.8) is 0 Å². The predicted octanol–water partition coefficient (Wildman–Crippen LogP) is 2.55. The molecule has 0 aliphatic rings. The van der Waals surface area contributed by atoms with E-state index in [2.05, 4.69) is 6.92 Å². The van der Waals surface area contributed by atoms with Crippen LogP contribution < -0.4 is 5.73 Å². The minimum atomic E-state index is -0.379. The Labute approximate surface area is 91.5 Å². The number of hydrogen-bond acceptors (Lipinski definition) is 2. The quantitative estimate of drug-likeness (QED) is 0.768. The van der Waals surface area contributed by atoms with Crippen LogP contribution in [0.1, 0.15) is 36.2 Å². The highest BCUT2D eigenvalue weighted by molar-refractivity contribution is 6.01. The van der Waals surface area contributed by atoms with Crippen molar-refractivity contribution in [1.82, 2.24) is 0 Å². The summed E-state index contributed by atoms with van der Waals surface area (Å²) in [5, 5.41) is 0. The monoisotopic (exact) mass is 205 g/mol. The first-order valence-corrected chi connectivity index (χ1v) is 5.43. The molecule has 0 radical (unpaired) electrons. The van der Waals surface area contributed by atoms with Crippen LogP contribution in [0.25, 0.3) is 0 Å². The van der Waals surface area contributed by atoms with Crippen molar-refractivity contribution in [1.29, 1.82) is 0 Å². The maximum atomic E-state index is 12.0. The molecule has 2 N–H and O–H groups in total. The van der Waals surface area contributed by atoms with Gasteiger partial charge in [0, 0.05) is 5.56 Å². The van der Waals surface area contributed by atoms with Crippen molar-refractivity contribution in [2.24, 2.45) is 11.7 Å². The van der Waals surface area contributed by atoms with Crippen molar-refractivity contribution in [2.75, 3.05) is 0 Å². The zero-order valence-corrected chi connectivity index (χ0v) is 9.66. The average Bonchev–Trinajstić information content (AvgIpc) is 2.26. The van der Waals surface area contributed by atoms with Gasteiger partial charge < -0.3 is 5.73 Å². The third kappa shape index (κ3) is 2.66. The van der Waals surface area contributed by atoms with Crippen LogP contribution in [-0.4, -0.2) is 11.8 Å². The second kappa shape index (κ2) is 5.08. The highest BCUT2D eigenvalue weighted by Crippen LogP contribution is 2.14. The van der Waals surface area contributed by atoms with E-state index in [1.165, 1.54) is 0 Å². The predicted molar refractivity (Wildman–Crippen MR) is 62.9 cm³/mol. The maximum Gasteiger partial charge on any atom is 0.180 e. The number of Topliss-reactive ketones (excluding diaryl/α,β-unsaturated/α-hetero) is 1. The number of aryl methyl sites for hydroxylation is 1. The Morgan fingerprint density at radius 2 is 2.00 bits per heavy atom. The molecule has 0 saturated carbocycles. The van der Waals surface area contributed by atoms with Crippen molar-refractivity contribution in [2.45, 2.75) is 33.2 Å². The Morgan fingerprint density at radius 3 is 2.53 bits per heavy atom. The number of nitrogens with two attached hydrogens (primary N) is 1. The third-order valence-electron chi connectivity index (χ3n) is 2.97. The van der Waals surface area contributed by atoms with E-state index >= 15 is 0 Å². The number of ketones is 1. The summed E-state index contributed by atoms with van der Waals surface area (Å²) in [4.78, 5) is 12.0. The highest BCUT2D eigenvalue weighted by Gasteiger charge is 2.21. The van der Waals surface area contributed by atoms with E-state index in [4.69, 9.17) is 5.73 Å². The largest absolute Gasteiger partial charge is 0.321 e. The SMILES string of the molecule is CCC(C)C(N)C(=O)c1ccccc1C. The molecule has 82 valence electrons. The molecule has 0 saturated heterocycles. The van der Waals surface area contributed by atoms with E-state index in [0.717, 1.165) is 17.5 Å². The van der Waals surface area contributed by atoms with Gasteiger partial charge in [0.05, 0.1) is 6.04 Å². The molecule has 0 aromatic heterocycles. The van der Waals surface area contributed by atoms with Gasteiger partial charge in [0.1, 0.15) is 0 Å². The van der Waals surface area contributed by atoms with Gasteiger partial charge in [-0.3, -0.25) is 4.79 Å². The average molecular weight is 205 g/mol. The van der Waals surface area contributed by atoms with Crippen LogP contribution in [0.15, 0.2) is 24.3 Å². The lowest BCUT2D eigenvalue weighted by Gasteiger charge is -2.17. The first-order chi connectivity index (χ1) is 7.07. The normalized spacial score (nSPS) is 14.7. The van der Waals surface area contributed by atoms with Gasteiger partial charge in [-0.05, 0) is 18.4 Å². The van der Waals surface area contributed by atoms with E-state index in [1.54, 1.807) is 0 Å². The second-order valence-electron chi connectivity index (χ2n) is 4.09. The summed E-state index contributed by atoms with van der Waals surface area (Å²) in [6.45, 7) is 6.01. The minimum absolute atomic E-state index is 0.0578.